The molecule has 0 heterocycles. The summed E-state index contributed by atoms with van der Waals surface area (Å²) in [6, 6.07) is 7.33. The van der Waals surface area contributed by atoms with Gasteiger partial charge in [0.15, 0.2) is 6.40 Å². The number of ketones is 2. The zero-order valence-corrected chi connectivity index (χ0v) is 19.4. The fourth-order valence-electron chi connectivity index (χ4n) is 2.67. The van der Waals surface area contributed by atoms with E-state index in [-0.39, 0.29) is 22.0 Å². The molecule has 1 rings (SSSR count). The van der Waals surface area contributed by atoms with Gasteiger partial charge in [0.05, 0.1) is 10.5 Å². The molecule has 1 aromatic carbocycles. The lowest BCUT2D eigenvalue weighted by Crippen LogP contribution is -2.28. The van der Waals surface area contributed by atoms with Crippen LogP contribution >= 0.6 is 15.9 Å². The number of carbonyl (C=O) groups excluding carboxylic acids is 2. The predicted octanol–water partition coefficient (Wildman–Crippen LogP) is 6.53. The largest absolute Gasteiger partial charge is 0.478 e. The average molecular weight is 452 g/mol. The van der Waals surface area contributed by atoms with Crippen LogP contribution < -0.4 is 0 Å². The van der Waals surface area contributed by atoms with E-state index in [9.17, 15) is 9.59 Å². The topological polar surface area (TPSA) is 55.7 Å². The van der Waals surface area contributed by atoms with Crippen LogP contribution in [0.15, 0.2) is 29.3 Å². The van der Waals surface area contributed by atoms with Gasteiger partial charge in [-0.1, -0.05) is 74.0 Å². The number of ether oxygens (including phenoxy) is 1. The molecule has 2 atom stereocenters. The van der Waals surface area contributed by atoms with Crippen molar-refractivity contribution >= 4 is 39.6 Å². The summed E-state index contributed by atoms with van der Waals surface area (Å²) in [5, 5.41) is 0. The molecule has 0 aromatic heterocycles. The molecule has 28 heavy (non-hydrogen) atoms. The third-order valence-electron chi connectivity index (χ3n) is 4.48. The zero-order valence-electron chi connectivity index (χ0n) is 17.8. The highest BCUT2D eigenvalue weighted by molar-refractivity contribution is 9.10. The van der Waals surface area contributed by atoms with E-state index in [1.165, 1.54) is 25.7 Å². The van der Waals surface area contributed by atoms with Gasteiger partial charge in [-0.15, -0.1) is 0 Å². The van der Waals surface area contributed by atoms with Gasteiger partial charge < -0.3 is 4.74 Å². The number of hydrogen-bond acceptors (Lipinski definition) is 4. The van der Waals surface area contributed by atoms with Crippen molar-refractivity contribution in [1.29, 1.82) is 0 Å². The first kappa shape index (κ1) is 24.5. The number of benzene rings is 1. The Morgan fingerprint density at radius 1 is 1.07 bits per heavy atom. The number of alkyl halides is 1. The lowest BCUT2D eigenvalue weighted by molar-refractivity contribution is -0.136. The first-order valence-electron chi connectivity index (χ1n) is 10.2. The molecular weight excluding hydrogens is 418 g/mol. The van der Waals surface area contributed by atoms with Crippen LogP contribution in [0.2, 0.25) is 0 Å². The normalized spacial score (nSPS) is 14.1. The first-order chi connectivity index (χ1) is 13.2. The number of rotatable bonds is 12. The lowest BCUT2D eigenvalue weighted by atomic mass is 9.92. The van der Waals surface area contributed by atoms with Gasteiger partial charge in [-0.3, -0.25) is 9.59 Å². The first-order valence-corrected chi connectivity index (χ1v) is 11.1. The molecule has 1 aromatic rings. The minimum Gasteiger partial charge on any atom is -0.478 e. The van der Waals surface area contributed by atoms with E-state index in [2.05, 4.69) is 27.8 Å². The Morgan fingerprint density at radius 2 is 1.68 bits per heavy atom. The standard InChI is InChI=1S/C23H34BrNO3/c1-6-7-8-9-10-11-20(24)22(27)21(26)17(2)18-12-14-19(15-13-18)25-16-28-23(3,4)5/h12-17,20H,6-11H2,1-5H3/b25-16-. The molecule has 0 saturated carbocycles. The summed E-state index contributed by atoms with van der Waals surface area (Å²) in [4.78, 5) is 28.9. The van der Waals surface area contributed by atoms with Crippen molar-refractivity contribution in [1.82, 2.24) is 0 Å². The van der Waals surface area contributed by atoms with Crippen molar-refractivity contribution in [3.05, 3.63) is 29.8 Å². The Bertz CT molecular complexity index is 647. The van der Waals surface area contributed by atoms with E-state index in [0.29, 0.717) is 6.42 Å². The number of Topliss-reactive ketones (excluding diaryl/α,β-unsaturated/α-hetero) is 2. The molecule has 4 nitrogen and oxygen atoms in total. The molecule has 0 saturated heterocycles. The summed E-state index contributed by atoms with van der Waals surface area (Å²) in [6.45, 7) is 9.82. The maximum atomic E-state index is 12.6. The molecular formula is C23H34BrNO3. The minimum absolute atomic E-state index is 0.285. The van der Waals surface area contributed by atoms with Gasteiger partial charge in [0.25, 0.3) is 0 Å². The number of carbonyl (C=O) groups is 2. The molecule has 2 unspecified atom stereocenters. The average Bonchev–Trinajstić information content (AvgIpc) is 2.65. The number of nitrogens with zero attached hydrogens (tertiary/aromatic N) is 1. The molecule has 5 heteroatoms. The Hall–Kier alpha value is -1.49. The van der Waals surface area contributed by atoms with Gasteiger partial charge in [-0.05, 0) is 44.9 Å². The Balaban J connectivity index is 2.58. The zero-order chi connectivity index (χ0) is 21.2. The maximum Gasteiger partial charge on any atom is 0.212 e. The number of aliphatic imine (C=N–C) groups is 1. The van der Waals surface area contributed by atoms with Gasteiger partial charge in [0.1, 0.15) is 5.60 Å². The Morgan fingerprint density at radius 3 is 2.25 bits per heavy atom. The lowest BCUT2D eigenvalue weighted by Gasteiger charge is -2.16. The molecule has 0 radical (unpaired) electrons. The van der Waals surface area contributed by atoms with Crippen LogP contribution in [0.25, 0.3) is 0 Å². The summed E-state index contributed by atoms with van der Waals surface area (Å²) >= 11 is 3.41. The highest BCUT2D eigenvalue weighted by Crippen LogP contribution is 2.23. The van der Waals surface area contributed by atoms with Gasteiger partial charge in [-0.2, -0.15) is 0 Å². The highest BCUT2D eigenvalue weighted by Gasteiger charge is 2.27. The predicted molar refractivity (Wildman–Crippen MR) is 120 cm³/mol. The maximum absolute atomic E-state index is 12.6. The SMILES string of the molecule is CCCCCCCC(Br)C(=O)C(=O)C(C)c1ccc(/N=C\OC(C)(C)C)cc1. The molecule has 0 aliphatic carbocycles. The van der Waals surface area contributed by atoms with Crippen LogP contribution in [0.3, 0.4) is 0 Å². The second-order valence-corrected chi connectivity index (χ2v) is 9.28. The van der Waals surface area contributed by atoms with Crippen molar-refractivity contribution in [3.63, 3.8) is 0 Å². The highest BCUT2D eigenvalue weighted by atomic mass is 79.9. The van der Waals surface area contributed by atoms with E-state index in [0.717, 1.165) is 24.1 Å². The summed E-state index contributed by atoms with van der Waals surface area (Å²) in [6.07, 6.45) is 7.82. The van der Waals surface area contributed by atoms with Crippen LogP contribution in [0.1, 0.15) is 84.6 Å². The monoisotopic (exact) mass is 451 g/mol. The van der Waals surface area contributed by atoms with E-state index >= 15 is 0 Å². The van der Waals surface area contributed by atoms with E-state index < -0.39 is 5.92 Å². The molecule has 156 valence electrons. The Kier molecular flexibility index (Phi) is 10.7. The van der Waals surface area contributed by atoms with Crippen molar-refractivity contribution < 1.29 is 14.3 Å². The van der Waals surface area contributed by atoms with E-state index in [1.54, 1.807) is 6.92 Å². The molecule has 0 N–H and O–H groups in total. The molecule has 0 amide bonds. The van der Waals surface area contributed by atoms with Crippen LogP contribution in [0.4, 0.5) is 5.69 Å². The van der Waals surface area contributed by atoms with Gasteiger partial charge in [0.2, 0.25) is 11.6 Å². The second kappa shape index (κ2) is 12.2. The molecule has 0 spiro atoms. The Labute approximate surface area is 178 Å². The summed E-state index contributed by atoms with van der Waals surface area (Å²) < 4.78 is 5.47. The van der Waals surface area contributed by atoms with Crippen molar-refractivity contribution in [2.75, 3.05) is 0 Å². The van der Waals surface area contributed by atoms with Crippen LogP contribution in [-0.2, 0) is 14.3 Å². The van der Waals surface area contributed by atoms with Gasteiger partial charge in [-0.25, -0.2) is 4.99 Å². The number of unbranched alkanes of at least 4 members (excludes halogenated alkanes) is 4. The van der Waals surface area contributed by atoms with Crippen LogP contribution in [0.5, 0.6) is 0 Å². The van der Waals surface area contributed by atoms with E-state index in [1.807, 2.05) is 45.0 Å². The minimum atomic E-state index is -0.462. The summed E-state index contributed by atoms with van der Waals surface area (Å²) in [5.74, 6) is -1.14. The number of hydrogen-bond donors (Lipinski definition) is 0. The van der Waals surface area contributed by atoms with Crippen molar-refractivity contribution in [2.24, 2.45) is 4.99 Å². The fraction of sp³-hybridized carbons (Fsp3) is 0.609. The molecule has 0 aliphatic heterocycles. The van der Waals surface area contributed by atoms with Gasteiger partial charge in [0, 0.05) is 5.92 Å². The third-order valence-corrected chi connectivity index (χ3v) is 5.36. The smallest absolute Gasteiger partial charge is 0.212 e. The van der Waals surface area contributed by atoms with E-state index in [4.69, 9.17) is 4.74 Å². The quantitative estimate of drug-likeness (QED) is 0.119. The van der Waals surface area contributed by atoms with Crippen LogP contribution in [-0.4, -0.2) is 28.4 Å². The fourth-order valence-corrected chi connectivity index (χ4v) is 3.22. The molecule has 0 bridgehead atoms. The third kappa shape index (κ3) is 9.13. The second-order valence-electron chi connectivity index (χ2n) is 8.18. The van der Waals surface area contributed by atoms with Crippen LogP contribution in [0, 0.1) is 0 Å². The van der Waals surface area contributed by atoms with Gasteiger partial charge >= 0.3 is 0 Å². The molecule has 0 aliphatic rings. The summed E-state index contributed by atoms with van der Waals surface area (Å²) in [7, 11) is 0. The van der Waals surface area contributed by atoms with Crippen molar-refractivity contribution in [3.8, 4) is 0 Å². The number of halogens is 1. The van der Waals surface area contributed by atoms with Crippen molar-refractivity contribution in [2.45, 2.75) is 89.5 Å². The summed E-state index contributed by atoms with van der Waals surface area (Å²) in [5.41, 5.74) is 1.27. The molecule has 0 fully saturated rings.